The van der Waals surface area contributed by atoms with E-state index in [-0.39, 0.29) is 16.9 Å². The summed E-state index contributed by atoms with van der Waals surface area (Å²) < 4.78 is 28.4. The maximum Gasteiger partial charge on any atom is 0.262 e. The summed E-state index contributed by atoms with van der Waals surface area (Å²) in [7, 11) is -1.79. The van der Waals surface area contributed by atoms with Gasteiger partial charge in [-0.3, -0.25) is 4.79 Å². The molecule has 0 aliphatic carbocycles. The van der Waals surface area contributed by atoms with E-state index >= 15 is 0 Å². The molecular weight excluding hydrogens is 316 g/mol. The van der Waals surface area contributed by atoms with Crippen LogP contribution in [0, 0.1) is 12.8 Å². The third kappa shape index (κ3) is 3.58. The highest BCUT2D eigenvalue weighted by Gasteiger charge is 2.34. The number of hydrogen-bond acceptors (Lipinski definition) is 4. The second-order valence-electron chi connectivity index (χ2n) is 5.93. The van der Waals surface area contributed by atoms with Crippen LogP contribution in [0.15, 0.2) is 11.2 Å². The van der Waals surface area contributed by atoms with Crippen LogP contribution in [0.4, 0.5) is 0 Å². The normalized spacial score (nSPS) is 17.4. The summed E-state index contributed by atoms with van der Waals surface area (Å²) in [6, 6.07) is 0. The van der Waals surface area contributed by atoms with Crippen molar-refractivity contribution in [3.8, 4) is 0 Å². The predicted molar refractivity (Wildman–Crippen MR) is 87.4 cm³/mol. The molecular formula is C15H26N4O3S. The molecule has 0 radical (unpaired) electrons. The highest BCUT2D eigenvalue weighted by molar-refractivity contribution is 7.89. The lowest BCUT2D eigenvalue weighted by Gasteiger charge is -2.32. The van der Waals surface area contributed by atoms with E-state index in [9.17, 15) is 13.2 Å². The summed E-state index contributed by atoms with van der Waals surface area (Å²) in [5.41, 5.74) is 0. The van der Waals surface area contributed by atoms with Gasteiger partial charge in [-0.2, -0.15) is 4.31 Å². The van der Waals surface area contributed by atoms with Gasteiger partial charge in [-0.15, -0.1) is 0 Å². The maximum atomic E-state index is 12.6. The molecule has 7 nitrogen and oxygen atoms in total. The smallest absolute Gasteiger partial charge is 0.262 e. The minimum absolute atomic E-state index is 0.0770. The van der Waals surface area contributed by atoms with E-state index < -0.39 is 10.0 Å². The van der Waals surface area contributed by atoms with Crippen LogP contribution in [0.1, 0.15) is 32.5 Å². The molecule has 2 heterocycles. The van der Waals surface area contributed by atoms with E-state index in [0.29, 0.717) is 44.8 Å². The van der Waals surface area contributed by atoms with E-state index in [4.69, 9.17) is 0 Å². The molecule has 1 fully saturated rings. The predicted octanol–water partition coefficient (Wildman–Crippen LogP) is 0.998. The Morgan fingerprint density at radius 3 is 2.30 bits per heavy atom. The highest BCUT2D eigenvalue weighted by atomic mass is 32.2. The van der Waals surface area contributed by atoms with Gasteiger partial charge in [0.25, 0.3) is 10.0 Å². The van der Waals surface area contributed by atoms with Crippen molar-refractivity contribution in [2.75, 3.05) is 26.2 Å². The molecule has 8 heteroatoms. The second kappa shape index (κ2) is 7.00. The van der Waals surface area contributed by atoms with Crippen LogP contribution in [0.5, 0.6) is 0 Å². The van der Waals surface area contributed by atoms with Crippen molar-refractivity contribution in [1.82, 2.24) is 18.8 Å². The number of carbonyl (C=O) groups excluding carboxylic acids is 1. The van der Waals surface area contributed by atoms with Crippen molar-refractivity contribution < 1.29 is 13.2 Å². The molecule has 1 aliphatic heterocycles. The van der Waals surface area contributed by atoms with Crippen molar-refractivity contribution in [3.63, 3.8) is 0 Å². The average molecular weight is 342 g/mol. The molecule has 0 spiro atoms. The van der Waals surface area contributed by atoms with Crippen LogP contribution in [0.25, 0.3) is 0 Å². The molecule has 23 heavy (non-hydrogen) atoms. The third-order valence-corrected chi connectivity index (χ3v) is 6.34. The number of rotatable bonds is 5. The summed E-state index contributed by atoms with van der Waals surface area (Å²) in [5, 5.41) is 0.0889. The molecule has 130 valence electrons. The fraction of sp³-hybridized carbons (Fsp3) is 0.733. The van der Waals surface area contributed by atoms with E-state index in [2.05, 4.69) is 4.98 Å². The Morgan fingerprint density at radius 2 is 1.87 bits per heavy atom. The number of aryl methyl sites for hydroxylation is 2. The quantitative estimate of drug-likeness (QED) is 0.800. The molecule has 1 aromatic heterocycles. The Balaban J connectivity index is 2.05. The van der Waals surface area contributed by atoms with E-state index in [0.717, 1.165) is 0 Å². The van der Waals surface area contributed by atoms with Crippen molar-refractivity contribution in [2.24, 2.45) is 13.0 Å². The topological polar surface area (TPSA) is 75.5 Å². The van der Waals surface area contributed by atoms with Gasteiger partial charge in [0.15, 0.2) is 5.03 Å². The molecule has 2 rings (SSSR count). The fourth-order valence-corrected chi connectivity index (χ4v) is 4.41. The number of carbonyl (C=O) groups is 1. The zero-order valence-electron chi connectivity index (χ0n) is 14.3. The Morgan fingerprint density at radius 1 is 1.30 bits per heavy atom. The fourth-order valence-electron chi connectivity index (χ4n) is 2.92. The molecule has 0 saturated carbocycles. The Labute approximate surface area is 138 Å². The van der Waals surface area contributed by atoms with Gasteiger partial charge in [-0.25, -0.2) is 13.4 Å². The molecule has 1 amide bonds. The Hall–Kier alpha value is -1.41. The van der Waals surface area contributed by atoms with Gasteiger partial charge < -0.3 is 9.47 Å². The lowest BCUT2D eigenvalue weighted by atomic mass is 9.96. The van der Waals surface area contributed by atoms with Crippen LogP contribution >= 0.6 is 0 Å². The van der Waals surface area contributed by atoms with Gasteiger partial charge >= 0.3 is 0 Å². The summed E-state index contributed by atoms with van der Waals surface area (Å²) in [6.07, 6.45) is 2.68. The minimum Gasteiger partial charge on any atom is -0.343 e. The highest BCUT2D eigenvalue weighted by Crippen LogP contribution is 2.24. The van der Waals surface area contributed by atoms with Crippen molar-refractivity contribution in [3.05, 3.63) is 12.0 Å². The van der Waals surface area contributed by atoms with Crippen LogP contribution < -0.4 is 0 Å². The van der Waals surface area contributed by atoms with E-state index in [1.54, 1.807) is 18.5 Å². The molecule has 0 bridgehead atoms. The number of sulfonamides is 1. The second-order valence-corrected chi connectivity index (χ2v) is 7.81. The van der Waals surface area contributed by atoms with Gasteiger partial charge in [0.2, 0.25) is 5.91 Å². The molecule has 0 atom stereocenters. The summed E-state index contributed by atoms with van der Waals surface area (Å²) in [5.74, 6) is 0.725. The summed E-state index contributed by atoms with van der Waals surface area (Å²) in [6.45, 7) is 7.83. The minimum atomic E-state index is -3.57. The Kier molecular flexibility index (Phi) is 5.46. The monoisotopic (exact) mass is 342 g/mol. The number of piperidine rings is 1. The first-order valence-corrected chi connectivity index (χ1v) is 9.54. The lowest BCUT2D eigenvalue weighted by Crippen LogP contribution is -2.44. The largest absolute Gasteiger partial charge is 0.343 e. The van der Waals surface area contributed by atoms with Gasteiger partial charge in [-0.1, -0.05) is 0 Å². The zero-order valence-corrected chi connectivity index (χ0v) is 15.1. The average Bonchev–Trinajstić information content (AvgIpc) is 2.88. The first-order chi connectivity index (χ1) is 10.8. The standard InChI is InChI=1S/C15H26N4O3S/c1-5-18(6-2)15(20)13-7-9-19(10-8-13)23(21,22)14-11-17(4)12(3)16-14/h11,13H,5-10H2,1-4H3. The van der Waals surface area contributed by atoms with Gasteiger partial charge in [0, 0.05) is 45.3 Å². The van der Waals surface area contributed by atoms with Gasteiger partial charge in [0.05, 0.1) is 0 Å². The van der Waals surface area contributed by atoms with Crippen LogP contribution in [0.2, 0.25) is 0 Å². The summed E-state index contributed by atoms with van der Waals surface area (Å²) in [4.78, 5) is 18.3. The van der Waals surface area contributed by atoms with Crippen LogP contribution in [-0.4, -0.2) is 59.3 Å². The molecule has 0 aromatic carbocycles. The zero-order chi connectivity index (χ0) is 17.2. The SMILES string of the molecule is CCN(CC)C(=O)C1CCN(S(=O)(=O)c2cn(C)c(C)n2)CC1. The van der Waals surface area contributed by atoms with Crippen molar-refractivity contribution >= 4 is 15.9 Å². The number of imidazole rings is 1. The molecule has 1 saturated heterocycles. The number of nitrogens with zero attached hydrogens (tertiary/aromatic N) is 4. The molecule has 0 N–H and O–H groups in total. The molecule has 1 aromatic rings. The molecule has 1 aliphatic rings. The number of amides is 1. The van der Waals surface area contributed by atoms with Crippen molar-refractivity contribution in [1.29, 1.82) is 0 Å². The molecule has 0 unspecified atom stereocenters. The van der Waals surface area contributed by atoms with E-state index in [1.165, 1.54) is 10.5 Å². The number of aromatic nitrogens is 2. The van der Waals surface area contributed by atoms with E-state index in [1.807, 2.05) is 18.7 Å². The maximum absolute atomic E-state index is 12.6. The lowest BCUT2D eigenvalue weighted by molar-refractivity contribution is -0.136. The van der Waals surface area contributed by atoms with Crippen LogP contribution in [-0.2, 0) is 21.9 Å². The van der Waals surface area contributed by atoms with Gasteiger partial charge in [-0.05, 0) is 33.6 Å². The Bertz CT molecular complexity index is 637. The first-order valence-electron chi connectivity index (χ1n) is 8.10. The summed E-state index contributed by atoms with van der Waals surface area (Å²) >= 11 is 0. The van der Waals surface area contributed by atoms with Gasteiger partial charge in [0.1, 0.15) is 5.82 Å². The third-order valence-electron chi connectivity index (χ3n) is 4.57. The number of hydrogen-bond donors (Lipinski definition) is 0. The van der Waals surface area contributed by atoms with Crippen molar-refractivity contribution in [2.45, 2.75) is 38.6 Å². The van der Waals surface area contributed by atoms with Crippen LogP contribution in [0.3, 0.4) is 0 Å². The first kappa shape index (κ1) is 17.9.